The van der Waals surface area contributed by atoms with Crippen molar-refractivity contribution in [2.45, 2.75) is 26.4 Å². The monoisotopic (exact) mass is 201 g/mol. The Balaban J connectivity index is 3.78. The van der Waals surface area contributed by atoms with E-state index in [4.69, 9.17) is 10.2 Å². The minimum absolute atomic E-state index is 0.304. The van der Waals surface area contributed by atoms with E-state index in [1.807, 2.05) is 11.9 Å². The van der Waals surface area contributed by atoms with E-state index in [2.05, 4.69) is 0 Å². The molecule has 0 radical (unpaired) electrons. The minimum atomic E-state index is -0.881. The predicted octanol–water partition coefficient (Wildman–Crippen LogP) is 0.720. The van der Waals surface area contributed by atoms with Gasteiger partial charge in [0.2, 0.25) is 0 Å². The number of carboxylic acids is 1. The van der Waals surface area contributed by atoms with Gasteiger partial charge in [-0.15, -0.1) is 0 Å². The van der Waals surface area contributed by atoms with Crippen LogP contribution < -0.4 is 0 Å². The lowest BCUT2D eigenvalue weighted by molar-refractivity contribution is -0.132. The Bertz CT molecular complexity index is 211. The highest BCUT2D eigenvalue weighted by molar-refractivity contribution is 5.85. The molecule has 1 atom stereocenters. The first-order valence-electron chi connectivity index (χ1n) is 4.70. The molecule has 0 bridgehead atoms. The summed E-state index contributed by atoms with van der Waals surface area (Å²) in [6.07, 6.45) is 2.07. The molecule has 0 fully saturated rings. The molecular weight excluding hydrogens is 182 g/mol. The zero-order valence-corrected chi connectivity index (χ0v) is 9.03. The highest BCUT2D eigenvalue weighted by Crippen LogP contribution is 1.96. The molecule has 4 nitrogen and oxygen atoms in total. The number of aliphatic hydroxyl groups excluding tert-OH is 1. The molecule has 14 heavy (non-hydrogen) atoms. The fraction of sp³-hybridized carbons (Fsp3) is 0.700. The molecule has 82 valence electrons. The third-order valence-electron chi connectivity index (χ3n) is 1.98. The molecule has 0 aromatic carbocycles. The van der Waals surface area contributed by atoms with Crippen LogP contribution >= 0.6 is 0 Å². The number of nitrogens with zero attached hydrogens (tertiary/aromatic N) is 1. The molecule has 0 saturated carbocycles. The normalized spacial score (nSPS) is 14.5. The average Bonchev–Trinajstić information content (AvgIpc) is 2.10. The van der Waals surface area contributed by atoms with Gasteiger partial charge < -0.3 is 15.1 Å². The van der Waals surface area contributed by atoms with E-state index in [1.54, 1.807) is 19.9 Å². The lowest BCUT2D eigenvalue weighted by Gasteiger charge is -2.15. The first kappa shape index (κ1) is 13.1. The summed E-state index contributed by atoms with van der Waals surface area (Å²) in [5.74, 6) is -0.881. The van der Waals surface area contributed by atoms with Crippen molar-refractivity contribution < 1.29 is 15.0 Å². The minimum Gasteiger partial charge on any atom is -0.478 e. The van der Waals surface area contributed by atoms with Crippen molar-refractivity contribution in [3.63, 3.8) is 0 Å². The molecule has 4 heteroatoms. The fourth-order valence-corrected chi connectivity index (χ4v) is 0.879. The van der Waals surface area contributed by atoms with Crippen molar-refractivity contribution in [1.82, 2.24) is 4.90 Å². The summed E-state index contributed by atoms with van der Waals surface area (Å²) in [6.45, 7) is 4.68. The van der Waals surface area contributed by atoms with E-state index in [0.717, 1.165) is 6.54 Å². The van der Waals surface area contributed by atoms with Crippen LogP contribution in [0.25, 0.3) is 0 Å². The number of carbonyl (C=O) groups is 1. The van der Waals surface area contributed by atoms with Crippen molar-refractivity contribution in [2.24, 2.45) is 0 Å². The van der Waals surface area contributed by atoms with Gasteiger partial charge in [-0.05, 0) is 27.3 Å². The number of carboxylic acid groups (broad SMARTS) is 1. The number of aliphatic carboxylic acids is 1. The predicted molar refractivity (Wildman–Crippen MR) is 55.2 cm³/mol. The SMILES string of the molecule is C/C(=C/CN(C)CCC(C)O)C(=O)O. The molecular formula is C10H19NO3. The van der Waals surface area contributed by atoms with Crippen molar-refractivity contribution >= 4 is 5.97 Å². The molecule has 0 aliphatic carbocycles. The van der Waals surface area contributed by atoms with Crippen LogP contribution in [0.1, 0.15) is 20.3 Å². The number of likely N-dealkylation sites (N-methyl/N-ethyl adjacent to an activating group) is 1. The van der Waals surface area contributed by atoms with E-state index in [0.29, 0.717) is 18.5 Å². The Hall–Kier alpha value is -0.870. The molecule has 0 aliphatic rings. The average molecular weight is 201 g/mol. The zero-order valence-electron chi connectivity index (χ0n) is 9.03. The zero-order chi connectivity index (χ0) is 11.1. The first-order valence-corrected chi connectivity index (χ1v) is 4.70. The molecule has 0 aromatic heterocycles. The van der Waals surface area contributed by atoms with Crippen molar-refractivity contribution in [2.75, 3.05) is 20.1 Å². The Morgan fingerprint density at radius 3 is 2.57 bits per heavy atom. The van der Waals surface area contributed by atoms with Crippen LogP contribution in [-0.2, 0) is 4.79 Å². The van der Waals surface area contributed by atoms with Crippen LogP contribution in [0.2, 0.25) is 0 Å². The fourth-order valence-electron chi connectivity index (χ4n) is 0.879. The van der Waals surface area contributed by atoms with Crippen LogP contribution in [0, 0.1) is 0 Å². The van der Waals surface area contributed by atoms with E-state index < -0.39 is 5.97 Å². The number of hydrogen-bond acceptors (Lipinski definition) is 3. The van der Waals surface area contributed by atoms with Gasteiger partial charge in [0.1, 0.15) is 0 Å². The van der Waals surface area contributed by atoms with Gasteiger partial charge in [-0.25, -0.2) is 4.79 Å². The van der Waals surface area contributed by atoms with Crippen molar-refractivity contribution in [3.8, 4) is 0 Å². The second-order valence-corrected chi connectivity index (χ2v) is 3.59. The molecule has 0 saturated heterocycles. The summed E-state index contributed by atoms with van der Waals surface area (Å²) >= 11 is 0. The Morgan fingerprint density at radius 1 is 1.57 bits per heavy atom. The number of rotatable bonds is 6. The second-order valence-electron chi connectivity index (χ2n) is 3.59. The van der Waals surface area contributed by atoms with Gasteiger partial charge in [-0.1, -0.05) is 6.08 Å². The Labute approximate surface area is 84.8 Å². The van der Waals surface area contributed by atoms with Gasteiger partial charge in [-0.3, -0.25) is 0 Å². The third kappa shape index (κ3) is 6.62. The first-order chi connectivity index (χ1) is 6.43. The molecule has 0 aromatic rings. The van der Waals surface area contributed by atoms with Crippen LogP contribution in [0.3, 0.4) is 0 Å². The van der Waals surface area contributed by atoms with Crippen molar-refractivity contribution in [1.29, 1.82) is 0 Å². The van der Waals surface area contributed by atoms with Gasteiger partial charge in [0, 0.05) is 18.7 Å². The van der Waals surface area contributed by atoms with Crippen LogP contribution in [0.5, 0.6) is 0 Å². The molecule has 0 aliphatic heterocycles. The Morgan fingerprint density at radius 2 is 2.14 bits per heavy atom. The van der Waals surface area contributed by atoms with Crippen LogP contribution in [-0.4, -0.2) is 47.3 Å². The topological polar surface area (TPSA) is 60.8 Å². The lowest BCUT2D eigenvalue weighted by atomic mass is 10.2. The standard InChI is InChI=1S/C10H19NO3/c1-8(10(13)14)4-6-11(3)7-5-9(2)12/h4,9,12H,5-7H2,1-3H3,(H,13,14)/b8-4-. The summed E-state index contributed by atoms with van der Waals surface area (Å²) in [5.41, 5.74) is 0.355. The summed E-state index contributed by atoms with van der Waals surface area (Å²) in [5, 5.41) is 17.6. The molecule has 1 unspecified atom stereocenters. The van der Waals surface area contributed by atoms with Crippen LogP contribution in [0.4, 0.5) is 0 Å². The van der Waals surface area contributed by atoms with E-state index in [9.17, 15) is 4.79 Å². The van der Waals surface area contributed by atoms with Crippen molar-refractivity contribution in [3.05, 3.63) is 11.6 Å². The molecule has 2 N–H and O–H groups in total. The highest BCUT2D eigenvalue weighted by Gasteiger charge is 2.02. The number of hydrogen-bond donors (Lipinski definition) is 2. The summed E-state index contributed by atoms with van der Waals surface area (Å²) in [6, 6.07) is 0. The Kier molecular flexibility index (Phi) is 6.16. The smallest absolute Gasteiger partial charge is 0.330 e. The molecule has 0 heterocycles. The third-order valence-corrected chi connectivity index (χ3v) is 1.98. The van der Waals surface area contributed by atoms with Gasteiger partial charge in [0.25, 0.3) is 0 Å². The largest absolute Gasteiger partial charge is 0.478 e. The summed E-state index contributed by atoms with van der Waals surface area (Å²) in [4.78, 5) is 12.4. The van der Waals surface area contributed by atoms with Gasteiger partial charge >= 0.3 is 5.97 Å². The van der Waals surface area contributed by atoms with Gasteiger partial charge in [0.05, 0.1) is 6.10 Å². The maximum atomic E-state index is 10.5. The van der Waals surface area contributed by atoms with E-state index >= 15 is 0 Å². The van der Waals surface area contributed by atoms with E-state index in [1.165, 1.54) is 0 Å². The maximum absolute atomic E-state index is 10.5. The van der Waals surface area contributed by atoms with Crippen LogP contribution in [0.15, 0.2) is 11.6 Å². The quantitative estimate of drug-likeness (QED) is 0.622. The summed E-state index contributed by atoms with van der Waals surface area (Å²) in [7, 11) is 1.90. The number of aliphatic hydroxyl groups is 1. The van der Waals surface area contributed by atoms with Gasteiger partial charge in [-0.2, -0.15) is 0 Å². The molecule has 0 amide bonds. The van der Waals surface area contributed by atoms with Gasteiger partial charge in [0.15, 0.2) is 0 Å². The molecule has 0 spiro atoms. The summed E-state index contributed by atoms with van der Waals surface area (Å²) < 4.78 is 0. The highest BCUT2D eigenvalue weighted by atomic mass is 16.4. The lowest BCUT2D eigenvalue weighted by Crippen LogP contribution is -2.23. The maximum Gasteiger partial charge on any atom is 0.330 e. The second kappa shape index (κ2) is 6.56. The van der Waals surface area contributed by atoms with E-state index in [-0.39, 0.29) is 6.10 Å². The molecule has 0 rings (SSSR count).